The fraction of sp³-hybridized carbons (Fsp3) is 0.406. The lowest BCUT2D eigenvalue weighted by Gasteiger charge is -2.53. The molecule has 2 aliphatic heterocycles. The van der Waals surface area contributed by atoms with Crippen molar-refractivity contribution in [1.82, 2.24) is 15.1 Å². The molecule has 3 aromatic carbocycles. The van der Waals surface area contributed by atoms with Crippen molar-refractivity contribution in [3.63, 3.8) is 0 Å². The number of carbonyl (C=O) groups is 1. The molecule has 0 atom stereocenters. The van der Waals surface area contributed by atoms with Crippen molar-refractivity contribution in [1.29, 1.82) is 0 Å². The van der Waals surface area contributed by atoms with Crippen LogP contribution < -0.4 is 14.8 Å². The summed E-state index contributed by atoms with van der Waals surface area (Å²) in [4.78, 5) is 18.5. The summed E-state index contributed by atoms with van der Waals surface area (Å²) < 4.78 is 35.2. The second kappa shape index (κ2) is 13.9. The van der Waals surface area contributed by atoms with Crippen LogP contribution in [0, 0.1) is 0 Å². The van der Waals surface area contributed by atoms with Gasteiger partial charge >= 0.3 is 0 Å². The maximum atomic E-state index is 13.7. The van der Waals surface area contributed by atoms with E-state index in [0.717, 1.165) is 58.3 Å². The summed E-state index contributed by atoms with van der Waals surface area (Å²) in [6, 6.07) is 17.5. The lowest BCUT2D eigenvalue weighted by Crippen LogP contribution is -2.71. The molecular weight excluding hydrogens is 607 g/mol. The molecule has 3 aromatic rings. The zero-order valence-corrected chi connectivity index (χ0v) is 26.6. The summed E-state index contributed by atoms with van der Waals surface area (Å²) in [5.41, 5.74) is 0.667. The first-order valence-electron chi connectivity index (χ1n) is 14.9. The number of anilines is 1. The molecule has 0 unspecified atom stereocenters. The van der Waals surface area contributed by atoms with Crippen LogP contribution in [0.15, 0.2) is 71.6 Å². The van der Waals surface area contributed by atoms with Crippen LogP contribution in [0.4, 0.5) is 5.69 Å². The number of ether oxygens (including phenoxy) is 1. The van der Waals surface area contributed by atoms with E-state index in [9.17, 15) is 13.2 Å². The normalized spacial score (nSPS) is 16.9. The van der Waals surface area contributed by atoms with Gasteiger partial charge in [-0.05, 0) is 80.6 Å². The first-order valence-corrected chi connectivity index (χ1v) is 17.1. The summed E-state index contributed by atoms with van der Waals surface area (Å²) in [6.45, 7) is 5.93. The number of piperidine rings is 2. The van der Waals surface area contributed by atoms with Gasteiger partial charge in [0.15, 0.2) is 11.5 Å². The molecule has 2 N–H and O–H groups in total. The number of rotatable bonds is 10. The van der Waals surface area contributed by atoms with Gasteiger partial charge in [-0.25, -0.2) is 8.42 Å². The highest BCUT2D eigenvalue weighted by molar-refractivity contribution is 7.92. The van der Waals surface area contributed by atoms with E-state index in [1.807, 2.05) is 0 Å². The van der Waals surface area contributed by atoms with Gasteiger partial charge in [0.1, 0.15) is 5.75 Å². The molecule has 11 heteroatoms. The number of halogens is 2. The minimum Gasteiger partial charge on any atom is -0.455 e. The van der Waals surface area contributed by atoms with Crippen molar-refractivity contribution < 1.29 is 17.9 Å². The Balaban J connectivity index is 1.33. The van der Waals surface area contributed by atoms with Crippen LogP contribution >= 0.6 is 23.2 Å². The topological polar surface area (TPSA) is 91.0 Å². The van der Waals surface area contributed by atoms with E-state index in [2.05, 4.69) is 26.8 Å². The Morgan fingerprint density at radius 2 is 1.44 bits per heavy atom. The SMILES string of the molecule is CCC(NC(=O)c1ccc(S(=O)(=O)Nc2ccccc2Oc2ccc(Cl)c(Cl)c2)cc1)(N1CCCCC1)N1CCCCC1. The molecule has 2 fully saturated rings. The molecule has 0 radical (unpaired) electrons. The minimum absolute atomic E-state index is 0.0298. The number of nitrogens with zero attached hydrogens (tertiary/aromatic N) is 2. The number of hydrogen-bond acceptors (Lipinski definition) is 6. The second-order valence-electron chi connectivity index (χ2n) is 11.0. The first kappa shape index (κ1) is 31.6. The molecule has 0 aromatic heterocycles. The van der Waals surface area contributed by atoms with E-state index in [1.54, 1.807) is 54.6 Å². The van der Waals surface area contributed by atoms with Crippen LogP contribution in [0.5, 0.6) is 11.5 Å². The average molecular weight is 646 g/mol. The number of hydrogen-bond donors (Lipinski definition) is 2. The molecule has 2 aliphatic rings. The third-order valence-corrected chi connectivity index (χ3v) is 10.4. The van der Waals surface area contributed by atoms with Crippen LogP contribution in [0.3, 0.4) is 0 Å². The maximum Gasteiger partial charge on any atom is 0.262 e. The lowest BCUT2D eigenvalue weighted by molar-refractivity contribution is -0.0970. The predicted molar refractivity (Wildman–Crippen MR) is 172 cm³/mol. The van der Waals surface area contributed by atoms with Gasteiger partial charge in [0.2, 0.25) is 0 Å². The van der Waals surface area contributed by atoms with E-state index in [0.29, 0.717) is 27.1 Å². The Bertz CT molecular complexity index is 1500. The lowest BCUT2D eigenvalue weighted by atomic mass is 10.0. The van der Waals surface area contributed by atoms with Crippen molar-refractivity contribution in [2.24, 2.45) is 0 Å². The highest BCUT2D eigenvalue weighted by Gasteiger charge is 2.43. The van der Waals surface area contributed by atoms with E-state index >= 15 is 0 Å². The third-order valence-electron chi connectivity index (χ3n) is 8.24. The van der Waals surface area contributed by atoms with Gasteiger partial charge in [0.25, 0.3) is 15.9 Å². The van der Waals surface area contributed by atoms with Crippen LogP contribution in [-0.2, 0) is 10.0 Å². The van der Waals surface area contributed by atoms with Crippen molar-refractivity contribution in [3.8, 4) is 11.5 Å². The van der Waals surface area contributed by atoms with Gasteiger partial charge in [0.05, 0.1) is 20.6 Å². The Labute approximate surface area is 264 Å². The Hall–Kier alpha value is -2.82. The average Bonchev–Trinajstić information content (AvgIpc) is 3.03. The summed E-state index contributed by atoms with van der Waals surface area (Å²) in [5, 5.41) is 4.10. The minimum atomic E-state index is -3.98. The zero-order valence-electron chi connectivity index (χ0n) is 24.3. The molecule has 2 saturated heterocycles. The number of sulfonamides is 1. The van der Waals surface area contributed by atoms with Gasteiger partial charge in [-0.3, -0.25) is 19.3 Å². The zero-order chi connectivity index (χ0) is 30.5. The smallest absolute Gasteiger partial charge is 0.262 e. The maximum absolute atomic E-state index is 13.7. The number of amides is 1. The Kier molecular flexibility index (Phi) is 10.2. The summed E-state index contributed by atoms with van der Waals surface area (Å²) >= 11 is 12.1. The molecule has 0 saturated carbocycles. The predicted octanol–water partition coefficient (Wildman–Crippen LogP) is 7.35. The van der Waals surface area contributed by atoms with Crippen LogP contribution in [-0.4, -0.2) is 56.1 Å². The van der Waals surface area contributed by atoms with Gasteiger partial charge in [-0.2, -0.15) is 0 Å². The third kappa shape index (κ3) is 7.29. The number of carbonyl (C=O) groups excluding carboxylic acids is 1. The molecule has 0 bridgehead atoms. The second-order valence-corrected chi connectivity index (χ2v) is 13.5. The van der Waals surface area contributed by atoms with Crippen molar-refractivity contribution in [3.05, 3.63) is 82.3 Å². The highest BCUT2D eigenvalue weighted by Crippen LogP contribution is 2.34. The van der Waals surface area contributed by atoms with Crippen LogP contribution in [0.2, 0.25) is 10.0 Å². The van der Waals surface area contributed by atoms with Gasteiger partial charge in [-0.15, -0.1) is 0 Å². The number of benzene rings is 3. The Morgan fingerprint density at radius 3 is 2.02 bits per heavy atom. The number of likely N-dealkylation sites (tertiary alicyclic amines) is 2. The standard InChI is InChI=1S/C32H38Cl2N4O4S/c1-2-32(37-19-7-3-8-20-37,38-21-9-4-10-22-38)35-31(39)24-13-16-26(17-14-24)43(40,41)36-29-11-5-6-12-30(29)42-25-15-18-27(33)28(34)23-25/h5-6,11-18,23,36H,2-4,7-10,19-22H2,1H3,(H,35,39). The molecule has 0 spiro atoms. The summed E-state index contributed by atoms with van der Waals surface area (Å²) in [5.74, 6) is -0.0573. The quantitative estimate of drug-likeness (QED) is 0.240. The van der Waals surface area contributed by atoms with E-state index in [-0.39, 0.29) is 16.5 Å². The van der Waals surface area contributed by atoms with Gasteiger partial charge < -0.3 is 10.1 Å². The number of para-hydroxylation sites is 2. The van der Waals surface area contributed by atoms with Crippen molar-refractivity contribution in [2.45, 2.75) is 62.6 Å². The number of nitrogens with one attached hydrogen (secondary N) is 2. The molecule has 43 heavy (non-hydrogen) atoms. The summed E-state index contributed by atoms with van der Waals surface area (Å²) in [6.07, 6.45) is 7.65. The fourth-order valence-electron chi connectivity index (χ4n) is 5.97. The van der Waals surface area contributed by atoms with Crippen LogP contribution in [0.1, 0.15) is 62.2 Å². The molecule has 230 valence electrons. The van der Waals surface area contributed by atoms with E-state index in [1.165, 1.54) is 25.0 Å². The first-order chi connectivity index (χ1) is 20.7. The molecular formula is C32H38Cl2N4O4S. The summed E-state index contributed by atoms with van der Waals surface area (Å²) in [7, 11) is -3.98. The highest BCUT2D eigenvalue weighted by atomic mass is 35.5. The van der Waals surface area contributed by atoms with E-state index in [4.69, 9.17) is 27.9 Å². The monoisotopic (exact) mass is 644 g/mol. The molecule has 8 nitrogen and oxygen atoms in total. The fourth-order valence-corrected chi connectivity index (χ4v) is 7.33. The van der Waals surface area contributed by atoms with Gasteiger partial charge in [0, 0.05) is 37.8 Å². The molecule has 0 aliphatic carbocycles. The Morgan fingerprint density at radius 1 is 0.837 bits per heavy atom. The largest absolute Gasteiger partial charge is 0.455 e. The van der Waals surface area contributed by atoms with E-state index < -0.39 is 15.8 Å². The van der Waals surface area contributed by atoms with Crippen LogP contribution in [0.25, 0.3) is 0 Å². The van der Waals surface area contributed by atoms with Gasteiger partial charge in [-0.1, -0.05) is 55.1 Å². The molecule has 5 rings (SSSR count). The van der Waals surface area contributed by atoms with Crippen molar-refractivity contribution in [2.75, 3.05) is 30.9 Å². The van der Waals surface area contributed by atoms with Crippen molar-refractivity contribution >= 4 is 44.8 Å². The molecule has 1 amide bonds. The molecule has 2 heterocycles.